The predicted molar refractivity (Wildman–Crippen MR) is 41.8 cm³/mol. The summed E-state index contributed by atoms with van der Waals surface area (Å²) in [6.07, 6.45) is 0. The summed E-state index contributed by atoms with van der Waals surface area (Å²) in [6, 6.07) is -0.376. The summed E-state index contributed by atoms with van der Waals surface area (Å²) >= 11 is 3.85. The Balaban J connectivity index is 0. The molecule has 0 aromatic carbocycles. The maximum atomic E-state index is 10.2. The fourth-order valence-corrected chi connectivity index (χ4v) is 0.332. The van der Waals surface area contributed by atoms with Crippen LogP contribution in [-0.2, 0) is 0 Å². The van der Waals surface area contributed by atoms with Crippen LogP contribution in [0.1, 0.15) is 0 Å². The van der Waals surface area contributed by atoms with E-state index in [9.17, 15) is 4.79 Å². The molecule has 0 aliphatic carbocycles. The maximum Gasteiger partial charge on any atom is 0.328 e. The minimum atomic E-state index is -0.376. The molecule has 4 nitrogen and oxygen atoms in total. The average molecular weight is 172 g/mol. The molecule has 0 bridgehead atoms. The van der Waals surface area contributed by atoms with Crippen molar-refractivity contribution in [3.05, 3.63) is 0 Å². The van der Waals surface area contributed by atoms with Gasteiger partial charge in [-0.05, 0) is 0 Å². The molecule has 0 aliphatic heterocycles. The second-order valence-corrected chi connectivity index (χ2v) is 1.57. The second-order valence-electron chi connectivity index (χ2n) is 1.12. The number of halogens is 1. The first-order valence-corrected chi connectivity index (χ1v) is 2.80. The van der Waals surface area contributed by atoms with E-state index in [-0.39, 0.29) is 18.4 Å². The lowest BCUT2D eigenvalue weighted by atomic mass is 10.7. The molecular formula is C3H10ClN3OS. The van der Waals surface area contributed by atoms with Gasteiger partial charge in [-0.25, -0.2) is 10.6 Å². The van der Waals surface area contributed by atoms with Gasteiger partial charge in [0, 0.05) is 12.3 Å². The molecule has 0 aromatic rings. The second kappa shape index (κ2) is 7.87. The van der Waals surface area contributed by atoms with Crippen molar-refractivity contribution in [3.8, 4) is 0 Å². The number of hydrazine groups is 1. The van der Waals surface area contributed by atoms with Crippen molar-refractivity contribution in [1.82, 2.24) is 10.7 Å². The molecular weight excluding hydrogens is 162 g/mol. The first-order chi connectivity index (χ1) is 3.81. The van der Waals surface area contributed by atoms with Crippen LogP contribution in [0.4, 0.5) is 4.79 Å². The van der Waals surface area contributed by atoms with Crippen LogP contribution in [0, 0.1) is 0 Å². The summed E-state index contributed by atoms with van der Waals surface area (Å²) in [7, 11) is 0. The number of thiol groups is 1. The number of rotatable bonds is 2. The zero-order valence-corrected chi connectivity index (χ0v) is 6.47. The van der Waals surface area contributed by atoms with E-state index in [0.29, 0.717) is 12.3 Å². The lowest BCUT2D eigenvalue weighted by molar-refractivity contribution is 0.242. The van der Waals surface area contributed by atoms with Gasteiger partial charge in [-0.3, -0.25) is 5.43 Å². The molecule has 0 unspecified atom stereocenters. The molecule has 56 valence electrons. The van der Waals surface area contributed by atoms with E-state index in [4.69, 9.17) is 5.84 Å². The number of nitrogens with one attached hydrogen (secondary N) is 2. The van der Waals surface area contributed by atoms with Crippen LogP contribution >= 0.6 is 25.0 Å². The van der Waals surface area contributed by atoms with E-state index in [1.165, 1.54) is 0 Å². The Kier molecular flexibility index (Phi) is 10.2. The molecule has 0 atom stereocenters. The Bertz CT molecular complexity index is 81.5. The summed E-state index contributed by atoms with van der Waals surface area (Å²) in [6.45, 7) is 0.534. The average Bonchev–Trinajstić information content (AvgIpc) is 1.83. The Labute approximate surface area is 65.3 Å². The van der Waals surface area contributed by atoms with Crippen LogP contribution in [0.15, 0.2) is 0 Å². The Morgan fingerprint density at radius 2 is 2.22 bits per heavy atom. The molecule has 0 radical (unpaired) electrons. The molecule has 0 aromatic heterocycles. The first-order valence-electron chi connectivity index (χ1n) is 2.16. The van der Waals surface area contributed by atoms with Crippen molar-refractivity contribution in [2.24, 2.45) is 5.84 Å². The van der Waals surface area contributed by atoms with Gasteiger partial charge in [0.15, 0.2) is 0 Å². The summed E-state index contributed by atoms with van der Waals surface area (Å²) in [5, 5.41) is 2.43. The number of urea groups is 1. The van der Waals surface area contributed by atoms with Crippen molar-refractivity contribution in [2.75, 3.05) is 12.3 Å². The molecule has 0 saturated carbocycles. The van der Waals surface area contributed by atoms with E-state index < -0.39 is 0 Å². The molecule has 4 N–H and O–H groups in total. The fraction of sp³-hybridized carbons (Fsp3) is 0.667. The lowest BCUT2D eigenvalue weighted by Gasteiger charge is -1.98. The third kappa shape index (κ3) is 7.87. The van der Waals surface area contributed by atoms with Crippen molar-refractivity contribution >= 4 is 31.1 Å². The minimum Gasteiger partial charge on any atom is -0.336 e. The molecule has 0 heterocycles. The van der Waals surface area contributed by atoms with Crippen molar-refractivity contribution in [1.29, 1.82) is 0 Å². The SMILES string of the molecule is Cl.NNC(=O)NCCS. The zero-order chi connectivity index (χ0) is 6.41. The zero-order valence-electron chi connectivity index (χ0n) is 4.76. The summed E-state index contributed by atoms with van der Waals surface area (Å²) in [5.41, 5.74) is 1.92. The van der Waals surface area contributed by atoms with Gasteiger partial charge in [0.1, 0.15) is 0 Å². The summed E-state index contributed by atoms with van der Waals surface area (Å²) < 4.78 is 0. The van der Waals surface area contributed by atoms with E-state index in [1.54, 1.807) is 0 Å². The number of hydrogen-bond donors (Lipinski definition) is 4. The predicted octanol–water partition coefficient (Wildman–Crippen LogP) is -0.489. The highest BCUT2D eigenvalue weighted by Crippen LogP contribution is 1.66. The molecule has 0 fully saturated rings. The van der Waals surface area contributed by atoms with Gasteiger partial charge in [-0.2, -0.15) is 12.6 Å². The van der Waals surface area contributed by atoms with E-state index in [0.717, 1.165) is 0 Å². The van der Waals surface area contributed by atoms with Gasteiger partial charge in [-0.1, -0.05) is 0 Å². The summed E-state index contributed by atoms with van der Waals surface area (Å²) in [4.78, 5) is 10.2. The third-order valence-corrected chi connectivity index (χ3v) is 0.752. The van der Waals surface area contributed by atoms with Crippen LogP contribution in [0.25, 0.3) is 0 Å². The van der Waals surface area contributed by atoms with E-state index in [1.807, 2.05) is 5.43 Å². The van der Waals surface area contributed by atoms with E-state index in [2.05, 4.69) is 17.9 Å². The Morgan fingerprint density at radius 1 is 1.67 bits per heavy atom. The molecule has 0 saturated heterocycles. The van der Waals surface area contributed by atoms with Crippen LogP contribution < -0.4 is 16.6 Å². The summed E-state index contributed by atoms with van der Waals surface area (Å²) in [5.74, 6) is 5.34. The van der Waals surface area contributed by atoms with Gasteiger partial charge >= 0.3 is 6.03 Å². The molecule has 2 amide bonds. The van der Waals surface area contributed by atoms with Gasteiger partial charge in [0.05, 0.1) is 0 Å². The van der Waals surface area contributed by atoms with Crippen molar-refractivity contribution < 1.29 is 4.79 Å². The molecule has 0 spiro atoms. The van der Waals surface area contributed by atoms with E-state index >= 15 is 0 Å². The van der Waals surface area contributed by atoms with Gasteiger partial charge in [0.2, 0.25) is 0 Å². The number of amides is 2. The smallest absolute Gasteiger partial charge is 0.328 e. The maximum absolute atomic E-state index is 10.2. The molecule has 9 heavy (non-hydrogen) atoms. The largest absolute Gasteiger partial charge is 0.336 e. The Hall–Kier alpha value is -0.130. The minimum absolute atomic E-state index is 0. The number of hydrogen-bond acceptors (Lipinski definition) is 3. The highest BCUT2D eigenvalue weighted by molar-refractivity contribution is 7.80. The van der Waals surface area contributed by atoms with Crippen LogP contribution in [-0.4, -0.2) is 18.3 Å². The third-order valence-electron chi connectivity index (χ3n) is 0.528. The van der Waals surface area contributed by atoms with Crippen molar-refractivity contribution in [3.63, 3.8) is 0 Å². The Morgan fingerprint density at radius 3 is 2.56 bits per heavy atom. The fourth-order valence-electron chi connectivity index (χ4n) is 0.220. The monoisotopic (exact) mass is 171 g/mol. The van der Waals surface area contributed by atoms with Crippen LogP contribution in [0.5, 0.6) is 0 Å². The van der Waals surface area contributed by atoms with Gasteiger partial charge in [0.25, 0.3) is 0 Å². The number of carbonyl (C=O) groups excluding carboxylic acids is 1. The van der Waals surface area contributed by atoms with Gasteiger partial charge in [-0.15, -0.1) is 12.4 Å². The standard InChI is InChI=1S/C3H9N3OS.ClH/c4-6-3(7)5-1-2-8;/h8H,1-2,4H2,(H2,5,6,7);1H. The normalized spacial score (nSPS) is 7.33. The van der Waals surface area contributed by atoms with Crippen molar-refractivity contribution in [2.45, 2.75) is 0 Å². The van der Waals surface area contributed by atoms with Gasteiger partial charge < -0.3 is 5.32 Å². The van der Waals surface area contributed by atoms with Crippen LogP contribution in [0.2, 0.25) is 0 Å². The van der Waals surface area contributed by atoms with Crippen LogP contribution in [0.3, 0.4) is 0 Å². The lowest BCUT2D eigenvalue weighted by Crippen LogP contribution is -2.40. The quantitative estimate of drug-likeness (QED) is 0.196. The highest BCUT2D eigenvalue weighted by Gasteiger charge is 1.89. The first kappa shape index (κ1) is 11.6. The highest BCUT2D eigenvalue weighted by atomic mass is 35.5. The molecule has 0 aliphatic rings. The number of nitrogens with two attached hydrogens (primary N) is 1. The topological polar surface area (TPSA) is 67.1 Å². The molecule has 0 rings (SSSR count). The molecule has 6 heteroatoms. The number of carbonyl (C=O) groups is 1.